The Labute approximate surface area is 112 Å². The van der Waals surface area contributed by atoms with Crippen LogP contribution >= 0.6 is 0 Å². The van der Waals surface area contributed by atoms with Gasteiger partial charge in [0, 0.05) is 23.5 Å². The molecule has 19 heavy (non-hydrogen) atoms. The van der Waals surface area contributed by atoms with Crippen LogP contribution in [0.25, 0.3) is 11.3 Å². The molecule has 0 saturated carbocycles. The number of benzene rings is 1. The van der Waals surface area contributed by atoms with Crippen LogP contribution in [0.1, 0.15) is 26.3 Å². The van der Waals surface area contributed by atoms with Crippen LogP contribution in [0.2, 0.25) is 0 Å². The van der Waals surface area contributed by atoms with Crippen molar-refractivity contribution < 1.29 is 9.13 Å². The van der Waals surface area contributed by atoms with Crippen LogP contribution in [-0.4, -0.2) is 17.1 Å². The highest BCUT2D eigenvalue weighted by Gasteiger charge is 2.23. The van der Waals surface area contributed by atoms with Crippen molar-refractivity contribution in [1.29, 1.82) is 0 Å². The summed E-state index contributed by atoms with van der Waals surface area (Å²) in [4.78, 5) is 8.23. The Morgan fingerprint density at radius 2 is 1.89 bits per heavy atom. The minimum atomic E-state index is -0.300. The van der Waals surface area contributed by atoms with Crippen molar-refractivity contribution in [3.05, 3.63) is 42.1 Å². The third-order valence-corrected chi connectivity index (χ3v) is 2.90. The molecule has 2 aromatic rings. The van der Waals surface area contributed by atoms with Gasteiger partial charge in [-0.2, -0.15) is 0 Å². The maximum absolute atomic E-state index is 13.9. The number of aromatic nitrogens is 2. The molecule has 1 aromatic carbocycles. The number of rotatable bonds is 2. The lowest BCUT2D eigenvalue weighted by Crippen LogP contribution is -2.14. The van der Waals surface area contributed by atoms with Crippen molar-refractivity contribution in [2.24, 2.45) is 0 Å². The molecule has 0 N–H and O–H groups in total. The molecule has 0 fully saturated rings. The normalized spacial score (nSPS) is 11.4. The molecule has 1 aromatic heterocycles. The first-order valence-corrected chi connectivity index (χ1v) is 6.08. The zero-order valence-electron chi connectivity index (χ0n) is 11.6. The summed E-state index contributed by atoms with van der Waals surface area (Å²) in [5.41, 5.74) is 1.82. The maximum atomic E-state index is 13.9. The molecule has 4 heteroatoms. The van der Waals surface area contributed by atoms with Crippen molar-refractivity contribution in [3.8, 4) is 17.0 Å². The fourth-order valence-electron chi connectivity index (χ4n) is 2.00. The van der Waals surface area contributed by atoms with E-state index in [1.54, 1.807) is 25.7 Å². The van der Waals surface area contributed by atoms with E-state index in [2.05, 4.69) is 9.97 Å². The van der Waals surface area contributed by atoms with Crippen LogP contribution in [0.15, 0.2) is 30.7 Å². The summed E-state index contributed by atoms with van der Waals surface area (Å²) in [5, 5.41) is 0. The lowest BCUT2D eigenvalue weighted by molar-refractivity contribution is 0.397. The molecule has 0 aliphatic heterocycles. The predicted molar refractivity (Wildman–Crippen MR) is 72.7 cm³/mol. The molecule has 0 unspecified atom stereocenters. The van der Waals surface area contributed by atoms with Gasteiger partial charge >= 0.3 is 0 Å². The molecule has 0 saturated heterocycles. The van der Waals surface area contributed by atoms with Gasteiger partial charge in [-0.1, -0.05) is 20.8 Å². The van der Waals surface area contributed by atoms with Gasteiger partial charge in [0.15, 0.2) is 0 Å². The van der Waals surface area contributed by atoms with E-state index in [-0.39, 0.29) is 11.2 Å². The molecular formula is C15H17FN2O. The van der Waals surface area contributed by atoms with Crippen LogP contribution in [0.4, 0.5) is 4.39 Å². The van der Waals surface area contributed by atoms with E-state index in [0.29, 0.717) is 17.0 Å². The SMILES string of the molecule is COc1c(-c2cnccn2)cc(F)cc1C(C)(C)C. The van der Waals surface area contributed by atoms with Gasteiger partial charge in [0.1, 0.15) is 11.6 Å². The maximum Gasteiger partial charge on any atom is 0.132 e. The molecule has 100 valence electrons. The Kier molecular flexibility index (Phi) is 3.51. The van der Waals surface area contributed by atoms with Crippen LogP contribution in [0, 0.1) is 5.82 Å². The second-order valence-corrected chi connectivity index (χ2v) is 5.37. The van der Waals surface area contributed by atoms with E-state index in [1.807, 2.05) is 20.8 Å². The molecule has 0 atom stereocenters. The fraction of sp³-hybridized carbons (Fsp3) is 0.333. The van der Waals surface area contributed by atoms with Gasteiger partial charge in [0.2, 0.25) is 0 Å². The third kappa shape index (κ3) is 2.72. The highest BCUT2D eigenvalue weighted by Crippen LogP contribution is 2.39. The number of hydrogen-bond acceptors (Lipinski definition) is 3. The van der Waals surface area contributed by atoms with E-state index in [4.69, 9.17) is 4.74 Å². The van der Waals surface area contributed by atoms with Gasteiger partial charge < -0.3 is 4.74 Å². The summed E-state index contributed by atoms with van der Waals surface area (Å²) in [6.07, 6.45) is 4.76. The van der Waals surface area contributed by atoms with Crippen LogP contribution in [-0.2, 0) is 5.41 Å². The molecule has 2 rings (SSSR count). The fourth-order valence-corrected chi connectivity index (χ4v) is 2.00. The minimum absolute atomic E-state index is 0.218. The van der Waals surface area contributed by atoms with Gasteiger partial charge in [-0.05, 0) is 17.5 Å². The first-order valence-electron chi connectivity index (χ1n) is 6.08. The summed E-state index contributed by atoms with van der Waals surface area (Å²) in [5.74, 6) is 0.348. The van der Waals surface area contributed by atoms with Gasteiger partial charge in [0.05, 0.1) is 19.0 Å². The Bertz CT molecular complexity index is 577. The number of hydrogen-bond donors (Lipinski definition) is 0. The second kappa shape index (κ2) is 4.96. The summed E-state index contributed by atoms with van der Waals surface area (Å²) in [6.45, 7) is 6.06. The second-order valence-electron chi connectivity index (χ2n) is 5.37. The van der Waals surface area contributed by atoms with E-state index in [1.165, 1.54) is 12.1 Å². The molecular weight excluding hydrogens is 243 g/mol. The van der Waals surface area contributed by atoms with E-state index in [0.717, 1.165) is 5.56 Å². The summed E-state index contributed by atoms with van der Waals surface area (Å²) < 4.78 is 19.3. The highest BCUT2D eigenvalue weighted by molar-refractivity contribution is 5.69. The lowest BCUT2D eigenvalue weighted by Gasteiger charge is -2.24. The Morgan fingerprint density at radius 3 is 2.42 bits per heavy atom. The average Bonchev–Trinajstić information content (AvgIpc) is 2.37. The smallest absolute Gasteiger partial charge is 0.132 e. The summed E-state index contributed by atoms with van der Waals surface area (Å²) in [6, 6.07) is 2.94. The lowest BCUT2D eigenvalue weighted by atomic mass is 9.84. The van der Waals surface area contributed by atoms with Crippen LogP contribution in [0.5, 0.6) is 5.75 Å². The standard InChI is InChI=1S/C15H17FN2O/c1-15(2,3)12-8-10(16)7-11(14(12)19-4)13-9-17-5-6-18-13/h5-9H,1-4H3. The average molecular weight is 260 g/mol. The first-order chi connectivity index (χ1) is 8.93. The van der Waals surface area contributed by atoms with Crippen LogP contribution < -0.4 is 4.74 Å². The zero-order chi connectivity index (χ0) is 14.0. The number of methoxy groups -OCH3 is 1. The number of ether oxygens (including phenoxy) is 1. The first kappa shape index (κ1) is 13.5. The summed E-state index contributed by atoms with van der Waals surface area (Å²) in [7, 11) is 1.59. The van der Waals surface area contributed by atoms with Crippen molar-refractivity contribution in [2.75, 3.05) is 7.11 Å². The summed E-state index contributed by atoms with van der Waals surface area (Å²) >= 11 is 0. The van der Waals surface area contributed by atoms with E-state index in [9.17, 15) is 4.39 Å². The third-order valence-electron chi connectivity index (χ3n) is 2.90. The topological polar surface area (TPSA) is 35.0 Å². The quantitative estimate of drug-likeness (QED) is 0.827. The van der Waals surface area contributed by atoms with Crippen molar-refractivity contribution in [3.63, 3.8) is 0 Å². The van der Waals surface area contributed by atoms with Gasteiger partial charge in [-0.3, -0.25) is 9.97 Å². The molecule has 3 nitrogen and oxygen atoms in total. The molecule has 1 heterocycles. The Morgan fingerprint density at radius 1 is 1.16 bits per heavy atom. The largest absolute Gasteiger partial charge is 0.496 e. The van der Waals surface area contributed by atoms with Gasteiger partial charge in [-0.15, -0.1) is 0 Å². The van der Waals surface area contributed by atoms with Gasteiger partial charge in [-0.25, -0.2) is 4.39 Å². The highest BCUT2D eigenvalue weighted by atomic mass is 19.1. The van der Waals surface area contributed by atoms with E-state index < -0.39 is 0 Å². The van der Waals surface area contributed by atoms with Crippen molar-refractivity contribution in [1.82, 2.24) is 9.97 Å². The molecule has 0 radical (unpaired) electrons. The Hall–Kier alpha value is -1.97. The monoisotopic (exact) mass is 260 g/mol. The van der Waals surface area contributed by atoms with Crippen LogP contribution in [0.3, 0.4) is 0 Å². The molecule has 0 aliphatic carbocycles. The predicted octanol–water partition coefficient (Wildman–Crippen LogP) is 3.59. The van der Waals surface area contributed by atoms with Crippen molar-refractivity contribution in [2.45, 2.75) is 26.2 Å². The number of nitrogens with zero attached hydrogens (tertiary/aromatic N) is 2. The zero-order valence-corrected chi connectivity index (χ0v) is 11.6. The minimum Gasteiger partial charge on any atom is -0.496 e. The molecule has 0 aliphatic rings. The van der Waals surface area contributed by atoms with Gasteiger partial charge in [0.25, 0.3) is 0 Å². The van der Waals surface area contributed by atoms with Crippen molar-refractivity contribution >= 4 is 0 Å². The van der Waals surface area contributed by atoms with E-state index >= 15 is 0 Å². The molecule has 0 spiro atoms. The molecule has 0 bridgehead atoms. The Balaban J connectivity index is 2.71. The number of halogens is 1. The molecule has 0 amide bonds.